The topological polar surface area (TPSA) is 73.6 Å². The summed E-state index contributed by atoms with van der Waals surface area (Å²) in [5.74, 6) is 0.543. The molecule has 16 heavy (non-hydrogen) atoms. The van der Waals surface area contributed by atoms with Crippen molar-refractivity contribution in [3.63, 3.8) is 0 Å². The third kappa shape index (κ3) is 4.92. The Morgan fingerprint density at radius 2 is 2.25 bits per heavy atom. The molecular weight excluding hydrogens is 208 g/mol. The standard InChI is InChI=1S/C11H22N2O3/c1-15-8-10(12)11(14)13-5-2-9-3-6-16-7-4-9/h9-10H,2-8,12H2,1H3,(H,13,14). The van der Waals surface area contributed by atoms with Gasteiger partial charge in [0, 0.05) is 26.9 Å². The minimum absolute atomic E-state index is 0.131. The first-order chi connectivity index (χ1) is 7.74. The highest BCUT2D eigenvalue weighted by Gasteiger charge is 2.15. The molecule has 3 N–H and O–H groups in total. The van der Waals surface area contributed by atoms with Crippen LogP contribution in [0.3, 0.4) is 0 Å². The van der Waals surface area contributed by atoms with E-state index >= 15 is 0 Å². The Morgan fingerprint density at radius 3 is 2.88 bits per heavy atom. The zero-order valence-electron chi connectivity index (χ0n) is 9.91. The van der Waals surface area contributed by atoms with Crippen molar-refractivity contribution in [2.24, 2.45) is 11.7 Å². The lowest BCUT2D eigenvalue weighted by molar-refractivity contribution is -0.123. The molecule has 1 fully saturated rings. The molecule has 1 heterocycles. The molecule has 1 saturated heterocycles. The van der Waals surface area contributed by atoms with Crippen LogP contribution in [0.5, 0.6) is 0 Å². The summed E-state index contributed by atoms with van der Waals surface area (Å²) < 4.78 is 10.1. The van der Waals surface area contributed by atoms with Gasteiger partial charge in [-0.1, -0.05) is 0 Å². The molecule has 0 aromatic rings. The molecular formula is C11H22N2O3. The van der Waals surface area contributed by atoms with Gasteiger partial charge in [0.05, 0.1) is 6.61 Å². The van der Waals surface area contributed by atoms with Crippen molar-refractivity contribution >= 4 is 5.91 Å². The van der Waals surface area contributed by atoms with Gasteiger partial charge < -0.3 is 20.5 Å². The first-order valence-corrected chi connectivity index (χ1v) is 5.84. The van der Waals surface area contributed by atoms with Gasteiger partial charge >= 0.3 is 0 Å². The second kappa shape index (κ2) is 7.60. The summed E-state index contributed by atoms with van der Waals surface area (Å²) in [6, 6.07) is -0.556. The predicted octanol–water partition coefficient (Wildman–Crippen LogP) is -0.107. The quantitative estimate of drug-likeness (QED) is 0.668. The predicted molar refractivity (Wildman–Crippen MR) is 61.0 cm³/mol. The van der Waals surface area contributed by atoms with E-state index in [9.17, 15) is 4.79 Å². The van der Waals surface area contributed by atoms with Crippen LogP contribution in [0.15, 0.2) is 0 Å². The fraction of sp³-hybridized carbons (Fsp3) is 0.909. The molecule has 1 aliphatic rings. The number of nitrogens with two attached hydrogens (primary N) is 1. The van der Waals surface area contributed by atoms with Gasteiger partial charge in [0.15, 0.2) is 0 Å². The normalized spacial score (nSPS) is 19.4. The number of amides is 1. The first kappa shape index (κ1) is 13.4. The Hall–Kier alpha value is -0.650. The zero-order valence-corrected chi connectivity index (χ0v) is 9.91. The van der Waals surface area contributed by atoms with Gasteiger partial charge in [0.2, 0.25) is 5.91 Å². The number of rotatable bonds is 6. The number of ether oxygens (including phenoxy) is 2. The highest BCUT2D eigenvalue weighted by atomic mass is 16.5. The number of carbonyl (C=O) groups excluding carboxylic acids is 1. The lowest BCUT2D eigenvalue weighted by atomic mass is 9.97. The fourth-order valence-corrected chi connectivity index (χ4v) is 1.82. The lowest BCUT2D eigenvalue weighted by Gasteiger charge is -2.22. The molecule has 0 aromatic carbocycles. The summed E-state index contributed by atoms with van der Waals surface area (Å²) in [5.41, 5.74) is 5.59. The molecule has 0 aromatic heterocycles. The molecule has 0 spiro atoms. The van der Waals surface area contributed by atoms with E-state index in [1.165, 1.54) is 7.11 Å². The van der Waals surface area contributed by atoms with Crippen molar-refractivity contribution in [2.75, 3.05) is 33.5 Å². The summed E-state index contributed by atoms with van der Waals surface area (Å²) >= 11 is 0. The monoisotopic (exact) mass is 230 g/mol. The molecule has 1 rings (SSSR count). The van der Waals surface area contributed by atoms with Gasteiger partial charge in [-0.3, -0.25) is 4.79 Å². The highest BCUT2D eigenvalue weighted by Crippen LogP contribution is 2.17. The molecule has 5 heteroatoms. The van der Waals surface area contributed by atoms with Gasteiger partial charge in [-0.25, -0.2) is 0 Å². The zero-order chi connectivity index (χ0) is 11.8. The van der Waals surface area contributed by atoms with Crippen LogP contribution in [-0.2, 0) is 14.3 Å². The molecule has 0 bridgehead atoms. The van der Waals surface area contributed by atoms with Crippen LogP contribution in [0.2, 0.25) is 0 Å². The maximum absolute atomic E-state index is 11.4. The number of carbonyl (C=O) groups is 1. The van der Waals surface area contributed by atoms with Crippen molar-refractivity contribution in [3.05, 3.63) is 0 Å². The summed E-state index contributed by atoms with van der Waals surface area (Å²) in [6.07, 6.45) is 3.20. The van der Waals surface area contributed by atoms with Gasteiger partial charge in [-0.15, -0.1) is 0 Å². The number of nitrogens with one attached hydrogen (secondary N) is 1. The largest absolute Gasteiger partial charge is 0.383 e. The third-order valence-corrected chi connectivity index (χ3v) is 2.88. The van der Waals surface area contributed by atoms with Crippen molar-refractivity contribution < 1.29 is 14.3 Å². The van der Waals surface area contributed by atoms with Crippen LogP contribution < -0.4 is 11.1 Å². The molecule has 0 radical (unpaired) electrons. The Kier molecular flexibility index (Phi) is 6.37. The maximum atomic E-state index is 11.4. The van der Waals surface area contributed by atoms with Crippen molar-refractivity contribution in [3.8, 4) is 0 Å². The van der Waals surface area contributed by atoms with Crippen molar-refractivity contribution in [1.82, 2.24) is 5.32 Å². The summed E-state index contributed by atoms with van der Waals surface area (Å²) in [7, 11) is 1.54. The van der Waals surface area contributed by atoms with E-state index in [0.29, 0.717) is 12.5 Å². The van der Waals surface area contributed by atoms with Gasteiger partial charge in [0.1, 0.15) is 6.04 Å². The second-order valence-electron chi connectivity index (χ2n) is 4.20. The number of hydrogen-bond acceptors (Lipinski definition) is 4. The number of methoxy groups -OCH3 is 1. The van der Waals surface area contributed by atoms with E-state index in [4.69, 9.17) is 15.2 Å². The Morgan fingerprint density at radius 1 is 1.56 bits per heavy atom. The second-order valence-corrected chi connectivity index (χ2v) is 4.20. The first-order valence-electron chi connectivity index (χ1n) is 5.84. The third-order valence-electron chi connectivity index (χ3n) is 2.88. The van der Waals surface area contributed by atoms with E-state index < -0.39 is 6.04 Å². The smallest absolute Gasteiger partial charge is 0.239 e. The van der Waals surface area contributed by atoms with Gasteiger partial charge in [-0.2, -0.15) is 0 Å². The van der Waals surface area contributed by atoms with Crippen LogP contribution in [-0.4, -0.2) is 45.4 Å². The van der Waals surface area contributed by atoms with E-state index in [0.717, 1.165) is 32.5 Å². The minimum Gasteiger partial charge on any atom is -0.383 e. The van der Waals surface area contributed by atoms with E-state index in [-0.39, 0.29) is 12.5 Å². The SMILES string of the molecule is COCC(N)C(=O)NCCC1CCOCC1. The molecule has 0 aliphatic carbocycles. The number of hydrogen-bond donors (Lipinski definition) is 2. The van der Waals surface area contributed by atoms with E-state index in [1.54, 1.807) is 0 Å². The van der Waals surface area contributed by atoms with Crippen molar-refractivity contribution in [2.45, 2.75) is 25.3 Å². The molecule has 1 aliphatic heterocycles. The molecule has 94 valence electrons. The Labute approximate surface area is 96.7 Å². The van der Waals surface area contributed by atoms with Gasteiger partial charge in [0.25, 0.3) is 0 Å². The lowest BCUT2D eigenvalue weighted by Crippen LogP contribution is -2.44. The average Bonchev–Trinajstić information content (AvgIpc) is 2.30. The molecule has 0 saturated carbocycles. The Bertz CT molecular complexity index is 205. The Balaban J connectivity index is 2.07. The molecule has 5 nitrogen and oxygen atoms in total. The average molecular weight is 230 g/mol. The van der Waals surface area contributed by atoms with Gasteiger partial charge in [-0.05, 0) is 25.2 Å². The summed E-state index contributed by atoms with van der Waals surface area (Å²) in [4.78, 5) is 11.4. The highest BCUT2D eigenvalue weighted by molar-refractivity contribution is 5.81. The van der Waals surface area contributed by atoms with E-state index in [2.05, 4.69) is 5.32 Å². The molecule has 1 atom stereocenters. The van der Waals surface area contributed by atoms with Crippen LogP contribution >= 0.6 is 0 Å². The van der Waals surface area contributed by atoms with Crippen LogP contribution in [0.4, 0.5) is 0 Å². The van der Waals surface area contributed by atoms with Crippen LogP contribution in [0.1, 0.15) is 19.3 Å². The van der Waals surface area contributed by atoms with Crippen molar-refractivity contribution in [1.29, 1.82) is 0 Å². The maximum Gasteiger partial charge on any atom is 0.239 e. The fourth-order valence-electron chi connectivity index (χ4n) is 1.82. The summed E-state index contributed by atoms with van der Waals surface area (Å²) in [6.45, 7) is 2.66. The van der Waals surface area contributed by atoms with Crippen LogP contribution in [0.25, 0.3) is 0 Å². The van der Waals surface area contributed by atoms with Crippen LogP contribution in [0, 0.1) is 5.92 Å². The summed E-state index contributed by atoms with van der Waals surface area (Å²) in [5, 5.41) is 2.83. The minimum atomic E-state index is -0.556. The molecule has 1 unspecified atom stereocenters. The molecule has 1 amide bonds. The van der Waals surface area contributed by atoms with E-state index in [1.807, 2.05) is 0 Å².